The third-order valence-corrected chi connectivity index (χ3v) is 5.70. The minimum absolute atomic E-state index is 0.0522. The van der Waals surface area contributed by atoms with Gasteiger partial charge in [-0.25, -0.2) is 4.98 Å². The van der Waals surface area contributed by atoms with Crippen molar-refractivity contribution in [2.75, 3.05) is 6.54 Å². The molecule has 0 aliphatic rings. The number of benzene rings is 2. The summed E-state index contributed by atoms with van der Waals surface area (Å²) in [5, 5.41) is 23.3. The van der Waals surface area contributed by atoms with E-state index in [9.17, 15) is 15.0 Å². The summed E-state index contributed by atoms with van der Waals surface area (Å²) in [5.74, 6) is -0.584. The number of aromatic nitrogens is 2. The van der Waals surface area contributed by atoms with E-state index in [1.54, 1.807) is 34.9 Å². The average molecular weight is 491 g/mol. The van der Waals surface area contributed by atoms with Crippen LogP contribution in [-0.4, -0.2) is 32.0 Å². The summed E-state index contributed by atoms with van der Waals surface area (Å²) < 4.78 is 1.73. The molecular weight excluding hydrogens is 473 g/mol. The van der Waals surface area contributed by atoms with E-state index in [4.69, 9.17) is 34.8 Å². The Morgan fingerprint density at radius 3 is 2.44 bits per heavy atom. The van der Waals surface area contributed by atoms with Crippen LogP contribution in [0.25, 0.3) is 16.9 Å². The zero-order valence-corrected chi connectivity index (χ0v) is 18.9. The van der Waals surface area contributed by atoms with Crippen LogP contribution in [-0.2, 0) is 17.6 Å². The smallest absolute Gasteiger partial charge is 0.226 e. The number of fused-ring (bicyclic) bond motifs is 1. The highest BCUT2D eigenvalue weighted by molar-refractivity contribution is 6.36. The van der Waals surface area contributed by atoms with Crippen LogP contribution in [0.3, 0.4) is 0 Å². The average Bonchev–Trinajstić information content (AvgIpc) is 3.10. The molecule has 1 amide bonds. The van der Waals surface area contributed by atoms with Gasteiger partial charge in [0.15, 0.2) is 17.1 Å². The molecule has 0 saturated heterocycles. The summed E-state index contributed by atoms with van der Waals surface area (Å²) in [5.41, 5.74) is 3.35. The van der Waals surface area contributed by atoms with E-state index in [1.807, 2.05) is 12.1 Å². The molecule has 0 radical (unpaired) electrons. The molecule has 0 unspecified atom stereocenters. The molecule has 2 heterocycles. The maximum Gasteiger partial charge on any atom is 0.226 e. The second-order valence-electron chi connectivity index (χ2n) is 7.21. The molecule has 0 aliphatic carbocycles. The Hall–Kier alpha value is -2.93. The number of hydrogen-bond donors (Lipinski definition) is 3. The van der Waals surface area contributed by atoms with Gasteiger partial charge in [0.1, 0.15) is 0 Å². The van der Waals surface area contributed by atoms with E-state index < -0.39 is 0 Å². The number of carbonyl (C=O) groups is 1. The summed E-state index contributed by atoms with van der Waals surface area (Å²) in [7, 11) is 0. The number of carbonyl (C=O) groups excluding carboxylic acids is 1. The van der Waals surface area contributed by atoms with Gasteiger partial charge < -0.3 is 19.9 Å². The van der Waals surface area contributed by atoms with Gasteiger partial charge in [0, 0.05) is 23.3 Å². The van der Waals surface area contributed by atoms with Crippen molar-refractivity contribution in [2.24, 2.45) is 0 Å². The van der Waals surface area contributed by atoms with Crippen LogP contribution in [0.5, 0.6) is 11.5 Å². The fourth-order valence-corrected chi connectivity index (χ4v) is 4.05. The predicted octanol–water partition coefficient (Wildman–Crippen LogP) is 5.27. The van der Waals surface area contributed by atoms with Crippen LogP contribution < -0.4 is 5.32 Å². The Kier molecular flexibility index (Phi) is 6.46. The van der Waals surface area contributed by atoms with E-state index in [2.05, 4.69) is 10.3 Å². The molecule has 4 aromatic rings. The first-order valence-corrected chi connectivity index (χ1v) is 10.8. The zero-order valence-electron chi connectivity index (χ0n) is 16.6. The number of hydrogen-bond acceptors (Lipinski definition) is 4. The number of amides is 1. The topological polar surface area (TPSA) is 86.9 Å². The number of phenols is 2. The molecule has 0 atom stereocenters. The Bertz CT molecular complexity index is 1300. The normalized spacial score (nSPS) is 11.1. The number of aromatic hydroxyl groups is 2. The first kappa shape index (κ1) is 22.3. The Balaban J connectivity index is 1.58. The molecule has 0 saturated carbocycles. The van der Waals surface area contributed by atoms with Gasteiger partial charge in [-0.2, -0.15) is 0 Å². The van der Waals surface area contributed by atoms with Crippen molar-refractivity contribution in [1.82, 2.24) is 14.7 Å². The van der Waals surface area contributed by atoms with E-state index in [0.29, 0.717) is 45.1 Å². The van der Waals surface area contributed by atoms with Crippen LogP contribution in [0.2, 0.25) is 15.1 Å². The summed E-state index contributed by atoms with van der Waals surface area (Å²) in [6.45, 7) is 0.359. The maximum atomic E-state index is 12.7. The zero-order chi connectivity index (χ0) is 22.8. The minimum atomic E-state index is -0.207. The predicted molar refractivity (Wildman–Crippen MR) is 126 cm³/mol. The second-order valence-corrected chi connectivity index (χ2v) is 8.49. The van der Waals surface area contributed by atoms with Crippen molar-refractivity contribution in [2.45, 2.75) is 12.8 Å². The van der Waals surface area contributed by atoms with Gasteiger partial charge >= 0.3 is 0 Å². The van der Waals surface area contributed by atoms with Crippen molar-refractivity contribution < 1.29 is 15.0 Å². The summed E-state index contributed by atoms with van der Waals surface area (Å²) in [6, 6.07) is 13.4. The quantitative estimate of drug-likeness (QED) is 0.321. The highest BCUT2D eigenvalue weighted by atomic mass is 35.5. The fraction of sp³-hybridized carbons (Fsp3) is 0.130. The third kappa shape index (κ3) is 4.78. The molecule has 0 aliphatic heterocycles. The molecule has 0 bridgehead atoms. The van der Waals surface area contributed by atoms with Crippen molar-refractivity contribution in [3.8, 4) is 22.8 Å². The van der Waals surface area contributed by atoms with Crippen molar-refractivity contribution in [3.63, 3.8) is 0 Å². The second kappa shape index (κ2) is 9.28. The number of rotatable bonds is 6. The Labute approximate surface area is 199 Å². The Morgan fingerprint density at radius 2 is 1.72 bits per heavy atom. The molecule has 6 nitrogen and oxygen atoms in total. The van der Waals surface area contributed by atoms with Crippen LogP contribution in [0, 0.1) is 0 Å². The number of nitrogens with one attached hydrogen (secondary N) is 1. The SMILES string of the molecule is O=C(Cc1c(-c2ccc(Cl)cc2)nc2c(Cl)cc(Cl)cn12)NCCc1ccc(O)c(O)c1. The van der Waals surface area contributed by atoms with Gasteiger partial charge in [0.05, 0.1) is 27.9 Å². The van der Waals surface area contributed by atoms with Crippen molar-refractivity contribution in [1.29, 1.82) is 0 Å². The van der Waals surface area contributed by atoms with E-state index in [0.717, 1.165) is 11.1 Å². The number of nitrogens with zero attached hydrogens (tertiary/aromatic N) is 2. The minimum Gasteiger partial charge on any atom is -0.504 e. The van der Waals surface area contributed by atoms with Crippen LogP contribution in [0.15, 0.2) is 54.7 Å². The molecular formula is C23H18Cl3N3O3. The van der Waals surface area contributed by atoms with Crippen molar-refractivity contribution >= 4 is 46.4 Å². The van der Waals surface area contributed by atoms with E-state index in [1.165, 1.54) is 12.1 Å². The van der Waals surface area contributed by atoms with Gasteiger partial charge in [-0.1, -0.05) is 53.0 Å². The summed E-state index contributed by atoms with van der Waals surface area (Å²) in [6.07, 6.45) is 2.22. The monoisotopic (exact) mass is 489 g/mol. The van der Waals surface area contributed by atoms with Gasteiger partial charge in [0.2, 0.25) is 5.91 Å². The van der Waals surface area contributed by atoms with Crippen LogP contribution in [0.4, 0.5) is 0 Å². The fourth-order valence-electron chi connectivity index (χ4n) is 3.41. The highest BCUT2D eigenvalue weighted by Crippen LogP contribution is 2.31. The van der Waals surface area contributed by atoms with Gasteiger partial charge in [0.25, 0.3) is 0 Å². The van der Waals surface area contributed by atoms with Gasteiger partial charge in [-0.05, 0) is 42.3 Å². The molecule has 2 aromatic carbocycles. The van der Waals surface area contributed by atoms with E-state index in [-0.39, 0.29) is 23.8 Å². The molecule has 3 N–H and O–H groups in total. The molecule has 164 valence electrons. The largest absolute Gasteiger partial charge is 0.504 e. The molecule has 0 fully saturated rings. The third-order valence-electron chi connectivity index (χ3n) is 4.96. The molecule has 32 heavy (non-hydrogen) atoms. The molecule has 2 aromatic heterocycles. The molecule has 0 spiro atoms. The lowest BCUT2D eigenvalue weighted by Crippen LogP contribution is -2.27. The number of imidazole rings is 1. The van der Waals surface area contributed by atoms with Gasteiger partial charge in [-0.3, -0.25) is 4.79 Å². The number of phenolic OH excluding ortho intramolecular Hbond substituents is 2. The highest BCUT2D eigenvalue weighted by Gasteiger charge is 2.19. The van der Waals surface area contributed by atoms with Gasteiger partial charge in [-0.15, -0.1) is 0 Å². The lowest BCUT2D eigenvalue weighted by Gasteiger charge is -2.09. The summed E-state index contributed by atoms with van der Waals surface area (Å²) >= 11 is 18.6. The lowest BCUT2D eigenvalue weighted by molar-refractivity contribution is -0.120. The van der Waals surface area contributed by atoms with E-state index >= 15 is 0 Å². The van der Waals surface area contributed by atoms with Crippen LogP contribution >= 0.6 is 34.8 Å². The van der Waals surface area contributed by atoms with Crippen LogP contribution in [0.1, 0.15) is 11.3 Å². The standard InChI is InChI=1S/C23H18Cl3N3O3/c24-15-4-2-14(3-5-15)22-18(29-12-16(25)10-17(26)23(29)28-22)11-21(32)27-8-7-13-1-6-19(30)20(31)9-13/h1-6,9-10,12,30-31H,7-8,11H2,(H,27,32). The molecule has 9 heteroatoms. The number of halogens is 3. The number of pyridine rings is 1. The summed E-state index contributed by atoms with van der Waals surface area (Å²) in [4.78, 5) is 17.4. The maximum absolute atomic E-state index is 12.7. The lowest BCUT2D eigenvalue weighted by atomic mass is 10.1. The van der Waals surface area contributed by atoms with Crippen molar-refractivity contribution in [3.05, 3.63) is 81.1 Å². The first-order chi connectivity index (χ1) is 15.3. The molecule has 4 rings (SSSR count). The Morgan fingerprint density at radius 1 is 0.969 bits per heavy atom. The first-order valence-electron chi connectivity index (χ1n) is 9.71.